The third-order valence-corrected chi connectivity index (χ3v) is 4.64. The number of nitrogens with one attached hydrogen (secondary N) is 2. The lowest BCUT2D eigenvalue weighted by Gasteiger charge is -2.11. The summed E-state index contributed by atoms with van der Waals surface area (Å²) in [5, 5.41) is 9.74. The predicted octanol–water partition coefficient (Wildman–Crippen LogP) is 4.32. The highest BCUT2D eigenvalue weighted by Crippen LogP contribution is 2.19. The van der Waals surface area contributed by atoms with Gasteiger partial charge in [0.05, 0.1) is 17.2 Å². The highest BCUT2D eigenvalue weighted by atomic mass is 127. The Hall–Kier alpha value is -1.22. The van der Waals surface area contributed by atoms with E-state index < -0.39 is 0 Å². The molecule has 25 heavy (non-hydrogen) atoms. The summed E-state index contributed by atoms with van der Waals surface area (Å²) in [6, 6.07) is 6.72. The molecular weight excluding hydrogens is 450 g/mol. The molecule has 1 aromatic heterocycles. The first-order valence-corrected chi connectivity index (χ1v) is 9.18. The Labute approximate surface area is 170 Å². The number of rotatable bonds is 7. The Morgan fingerprint density at radius 3 is 2.68 bits per heavy atom. The molecule has 0 unspecified atom stereocenters. The summed E-state index contributed by atoms with van der Waals surface area (Å²) < 4.78 is 13.6. The first-order chi connectivity index (χ1) is 11.6. The molecule has 0 radical (unpaired) electrons. The van der Waals surface area contributed by atoms with Crippen LogP contribution in [0.15, 0.2) is 34.6 Å². The number of hydrogen-bond donors (Lipinski definition) is 2. The Morgan fingerprint density at radius 2 is 2.04 bits per heavy atom. The van der Waals surface area contributed by atoms with Crippen molar-refractivity contribution in [1.29, 1.82) is 0 Å². The molecule has 0 fully saturated rings. The van der Waals surface area contributed by atoms with Gasteiger partial charge >= 0.3 is 0 Å². The number of halogens is 2. The van der Waals surface area contributed by atoms with Crippen LogP contribution < -0.4 is 10.6 Å². The number of aromatic nitrogens is 1. The molecule has 1 heterocycles. The van der Waals surface area contributed by atoms with Crippen LogP contribution in [0.3, 0.4) is 0 Å². The summed E-state index contributed by atoms with van der Waals surface area (Å²) in [5.41, 5.74) is 1.69. The Balaban J connectivity index is 0.00000312. The standard InChI is InChI=1S/C18H25FN4S.HI/c1-4-20-18(22-11-14-7-5-6-8-16(14)19)21-10-9-15-12-24-17(23-15)13(2)3;/h5-8,12-13H,4,9-11H2,1-3H3,(H2,20,21,22);1H. The van der Waals surface area contributed by atoms with E-state index in [1.807, 2.05) is 13.0 Å². The molecule has 7 heteroatoms. The maximum Gasteiger partial charge on any atom is 0.191 e. The lowest BCUT2D eigenvalue weighted by molar-refractivity contribution is 0.610. The molecular formula is C18H26FIN4S. The summed E-state index contributed by atoms with van der Waals surface area (Å²) in [5.74, 6) is 0.942. The summed E-state index contributed by atoms with van der Waals surface area (Å²) in [4.78, 5) is 9.07. The van der Waals surface area contributed by atoms with E-state index in [2.05, 4.69) is 39.8 Å². The average Bonchev–Trinajstić information content (AvgIpc) is 3.03. The Bertz CT molecular complexity index is 673. The first kappa shape index (κ1) is 21.8. The van der Waals surface area contributed by atoms with Gasteiger partial charge in [0.25, 0.3) is 0 Å². The van der Waals surface area contributed by atoms with Gasteiger partial charge in [-0.1, -0.05) is 32.0 Å². The highest BCUT2D eigenvalue weighted by molar-refractivity contribution is 14.0. The smallest absolute Gasteiger partial charge is 0.191 e. The second-order valence-corrected chi connectivity index (χ2v) is 6.68. The van der Waals surface area contributed by atoms with Gasteiger partial charge in [0.2, 0.25) is 0 Å². The van der Waals surface area contributed by atoms with Crippen LogP contribution in [0.4, 0.5) is 4.39 Å². The van der Waals surface area contributed by atoms with Gasteiger partial charge in [-0.05, 0) is 13.0 Å². The quantitative estimate of drug-likeness (QED) is 0.356. The minimum atomic E-state index is -0.221. The molecule has 4 nitrogen and oxygen atoms in total. The molecule has 2 N–H and O–H groups in total. The van der Waals surface area contributed by atoms with Crippen LogP contribution in [0.5, 0.6) is 0 Å². The number of hydrogen-bond acceptors (Lipinski definition) is 3. The van der Waals surface area contributed by atoms with Crippen molar-refractivity contribution >= 4 is 41.3 Å². The van der Waals surface area contributed by atoms with Crippen molar-refractivity contribution < 1.29 is 4.39 Å². The SMILES string of the molecule is CCNC(=NCc1ccccc1F)NCCc1csc(C(C)C)n1.I. The second-order valence-electron chi connectivity index (χ2n) is 5.80. The fraction of sp³-hybridized carbons (Fsp3) is 0.444. The third kappa shape index (κ3) is 7.27. The van der Waals surface area contributed by atoms with Crippen molar-refractivity contribution in [1.82, 2.24) is 15.6 Å². The van der Waals surface area contributed by atoms with Gasteiger partial charge in [-0.2, -0.15) is 0 Å². The van der Waals surface area contributed by atoms with Gasteiger partial charge < -0.3 is 10.6 Å². The number of thiazole rings is 1. The van der Waals surface area contributed by atoms with Gasteiger partial charge in [0, 0.05) is 36.4 Å². The molecule has 0 saturated carbocycles. The highest BCUT2D eigenvalue weighted by Gasteiger charge is 2.06. The molecule has 2 rings (SSSR count). The summed E-state index contributed by atoms with van der Waals surface area (Å²) in [6.07, 6.45) is 0.841. The van der Waals surface area contributed by atoms with Gasteiger partial charge in [0.15, 0.2) is 5.96 Å². The van der Waals surface area contributed by atoms with E-state index in [0.717, 1.165) is 25.2 Å². The number of guanidine groups is 1. The van der Waals surface area contributed by atoms with Gasteiger partial charge in [0.1, 0.15) is 5.82 Å². The minimum absolute atomic E-state index is 0. The van der Waals surface area contributed by atoms with Crippen LogP contribution in [0.25, 0.3) is 0 Å². The Kier molecular flexibility index (Phi) is 9.96. The Morgan fingerprint density at radius 1 is 1.28 bits per heavy atom. The molecule has 1 aromatic carbocycles. The lowest BCUT2D eigenvalue weighted by Crippen LogP contribution is -2.38. The van der Waals surface area contributed by atoms with Crippen molar-refractivity contribution in [3.63, 3.8) is 0 Å². The molecule has 0 amide bonds. The second kappa shape index (κ2) is 11.4. The molecule has 0 aliphatic carbocycles. The zero-order chi connectivity index (χ0) is 17.4. The molecule has 2 aromatic rings. The van der Waals surface area contributed by atoms with E-state index in [0.29, 0.717) is 24.0 Å². The van der Waals surface area contributed by atoms with Crippen LogP contribution in [-0.2, 0) is 13.0 Å². The zero-order valence-electron chi connectivity index (χ0n) is 14.9. The molecule has 138 valence electrons. The lowest BCUT2D eigenvalue weighted by atomic mass is 10.2. The summed E-state index contributed by atoms with van der Waals surface area (Å²) >= 11 is 1.71. The van der Waals surface area contributed by atoms with Crippen molar-refractivity contribution in [2.45, 2.75) is 39.7 Å². The van der Waals surface area contributed by atoms with Crippen molar-refractivity contribution in [2.75, 3.05) is 13.1 Å². The van der Waals surface area contributed by atoms with Crippen molar-refractivity contribution in [3.05, 3.63) is 51.7 Å². The van der Waals surface area contributed by atoms with E-state index in [-0.39, 0.29) is 29.8 Å². The van der Waals surface area contributed by atoms with Crippen LogP contribution >= 0.6 is 35.3 Å². The van der Waals surface area contributed by atoms with E-state index in [1.54, 1.807) is 23.5 Å². The normalized spacial score (nSPS) is 11.3. The molecule has 0 saturated heterocycles. The minimum Gasteiger partial charge on any atom is -0.357 e. The first-order valence-electron chi connectivity index (χ1n) is 8.30. The van der Waals surface area contributed by atoms with E-state index in [4.69, 9.17) is 0 Å². The van der Waals surface area contributed by atoms with E-state index in [1.165, 1.54) is 11.1 Å². The maximum atomic E-state index is 13.6. The van der Waals surface area contributed by atoms with Crippen LogP contribution in [0, 0.1) is 5.82 Å². The fourth-order valence-electron chi connectivity index (χ4n) is 2.14. The number of aliphatic imine (C=N–C) groups is 1. The average molecular weight is 476 g/mol. The fourth-order valence-corrected chi connectivity index (χ4v) is 3.01. The molecule has 0 bridgehead atoms. The molecule has 0 spiro atoms. The zero-order valence-corrected chi connectivity index (χ0v) is 18.0. The van der Waals surface area contributed by atoms with E-state index >= 15 is 0 Å². The molecule has 0 atom stereocenters. The van der Waals surface area contributed by atoms with Crippen LogP contribution in [0.1, 0.15) is 43.0 Å². The maximum absolute atomic E-state index is 13.6. The summed E-state index contributed by atoms with van der Waals surface area (Å²) in [6.45, 7) is 8.13. The topological polar surface area (TPSA) is 49.3 Å². The number of benzene rings is 1. The van der Waals surface area contributed by atoms with Crippen LogP contribution in [-0.4, -0.2) is 24.0 Å². The van der Waals surface area contributed by atoms with E-state index in [9.17, 15) is 4.39 Å². The number of nitrogens with zero attached hydrogens (tertiary/aromatic N) is 2. The summed E-state index contributed by atoms with van der Waals surface area (Å²) in [7, 11) is 0. The predicted molar refractivity (Wildman–Crippen MR) is 115 cm³/mol. The van der Waals surface area contributed by atoms with Gasteiger partial charge in [-0.25, -0.2) is 14.4 Å². The van der Waals surface area contributed by atoms with Crippen molar-refractivity contribution in [3.8, 4) is 0 Å². The third-order valence-electron chi connectivity index (χ3n) is 3.45. The van der Waals surface area contributed by atoms with Crippen LogP contribution in [0.2, 0.25) is 0 Å². The largest absolute Gasteiger partial charge is 0.357 e. The monoisotopic (exact) mass is 476 g/mol. The molecule has 0 aliphatic rings. The van der Waals surface area contributed by atoms with Crippen molar-refractivity contribution in [2.24, 2.45) is 4.99 Å². The van der Waals surface area contributed by atoms with Gasteiger partial charge in [-0.3, -0.25) is 0 Å². The van der Waals surface area contributed by atoms with Gasteiger partial charge in [-0.15, -0.1) is 35.3 Å². The molecule has 0 aliphatic heterocycles.